The van der Waals surface area contributed by atoms with Crippen LogP contribution >= 0.6 is 0 Å². The molecule has 0 spiro atoms. The van der Waals surface area contributed by atoms with Gasteiger partial charge >= 0.3 is 6.09 Å². The Labute approximate surface area is 245 Å². The number of aromatic nitrogens is 4. The van der Waals surface area contributed by atoms with Gasteiger partial charge in [-0.3, -0.25) is 9.48 Å². The highest BCUT2D eigenvalue weighted by atomic mass is 16.6. The zero-order valence-electron chi connectivity index (χ0n) is 24.8. The number of carbonyl (C=O) groups is 2. The molecule has 7 rings (SSSR count). The Morgan fingerprint density at radius 3 is 2.67 bits per heavy atom. The van der Waals surface area contributed by atoms with E-state index in [1.807, 2.05) is 53.8 Å². The summed E-state index contributed by atoms with van der Waals surface area (Å²) in [4.78, 5) is 38.7. The van der Waals surface area contributed by atoms with Crippen molar-refractivity contribution in [3.8, 4) is 11.1 Å². The van der Waals surface area contributed by atoms with E-state index in [9.17, 15) is 9.59 Å². The van der Waals surface area contributed by atoms with Gasteiger partial charge < -0.3 is 19.5 Å². The first kappa shape index (κ1) is 26.7. The van der Waals surface area contributed by atoms with Crippen molar-refractivity contribution in [3.05, 3.63) is 70.8 Å². The third-order valence-electron chi connectivity index (χ3n) is 8.74. The number of hydrogen-bond donors (Lipinski definition) is 1. The van der Waals surface area contributed by atoms with Crippen molar-refractivity contribution >= 4 is 23.0 Å². The van der Waals surface area contributed by atoms with Crippen LogP contribution in [0.2, 0.25) is 0 Å². The van der Waals surface area contributed by atoms with Gasteiger partial charge in [-0.2, -0.15) is 5.10 Å². The zero-order chi connectivity index (χ0) is 29.2. The van der Waals surface area contributed by atoms with Crippen LogP contribution in [0.4, 0.5) is 4.79 Å². The monoisotopic (exact) mass is 566 g/mol. The predicted molar refractivity (Wildman–Crippen MR) is 160 cm³/mol. The fourth-order valence-electron chi connectivity index (χ4n) is 6.43. The molecule has 1 atom stereocenters. The van der Waals surface area contributed by atoms with Gasteiger partial charge in [0.1, 0.15) is 11.2 Å². The van der Waals surface area contributed by atoms with Crippen LogP contribution in [0.3, 0.4) is 0 Å². The highest BCUT2D eigenvalue weighted by Crippen LogP contribution is 2.41. The standard InChI is InChI=1S/C33H38N6O3/c1-20-15-34-30-26(20)14-23(16-35-30)22-12-21-9-11-37(31(40)24-17-36-39(18-24)25-7-8-25)19-28(21)27(13-22)29-6-5-10-38(29)32(41)42-33(2,3)4/h12-18,25,29H,5-11,19H2,1-4H3,(H,34,35)/t29-/m0/s1. The molecule has 218 valence electrons. The summed E-state index contributed by atoms with van der Waals surface area (Å²) >= 11 is 0. The molecule has 4 aromatic rings. The number of benzene rings is 1. The second-order valence-electron chi connectivity index (χ2n) is 13.0. The van der Waals surface area contributed by atoms with E-state index in [0.29, 0.717) is 31.2 Å². The van der Waals surface area contributed by atoms with Crippen LogP contribution < -0.4 is 0 Å². The van der Waals surface area contributed by atoms with Gasteiger partial charge in [0.05, 0.1) is 23.8 Å². The highest BCUT2D eigenvalue weighted by Gasteiger charge is 2.37. The molecule has 1 aromatic carbocycles. The number of ether oxygens (including phenoxy) is 1. The van der Waals surface area contributed by atoms with Crippen LogP contribution in [0.1, 0.15) is 91.1 Å². The molecular formula is C33H38N6O3. The second kappa shape index (κ2) is 10.00. The summed E-state index contributed by atoms with van der Waals surface area (Å²) in [5.41, 5.74) is 7.69. The molecule has 0 unspecified atom stereocenters. The fraction of sp³-hybridized carbons (Fsp3) is 0.455. The van der Waals surface area contributed by atoms with Crippen molar-refractivity contribution in [1.29, 1.82) is 0 Å². The van der Waals surface area contributed by atoms with Gasteiger partial charge in [0.2, 0.25) is 0 Å². The third-order valence-corrected chi connectivity index (χ3v) is 8.74. The number of nitrogens with zero attached hydrogens (tertiary/aromatic N) is 5. The fourth-order valence-corrected chi connectivity index (χ4v) is 6.43. The van der Waals surface area contributed by atoms with E-state index in [-0.39, 0.29) is 18.0 Å². The van der Waals surface area contributed by atoms with Crippen LogP contribution in [0.5, 0.6) is 0 Å². The van der Waals surface area contributed by atoms with E-state index in [0.717, 1.165) is 71.0 Å². The number of hydrogen-bond acceptors (Lipinski definition) is 5. The second-order valence-corrected chi connectivity index (χ2v) is 13.0. The van der Waals surface area contributed by atoms with E-state index < -0.39 is 5.60 Å². The van der Waals surface area contributed by atoms with Crippen molar-refractivity contribution < 1.29 is 14.3 Å². The lowest BCUT2D eigenvalue weighted by atomic mass is 9.86. The Hall–Kier alpha value is -4.14. The Morgan fingerprint density at radius 1 is 1.05 bits per heavy atom. The van der Waals surface area contributed by atoms with E-state index in [1.54, 1.807) is 6.20 Å². The molecule has 1 N–H and O–H groups in total. The minimum Gasteiger partial charge on any atom is -0.444 e. The molecule has 0 radical (unpaired) electrons. The number of nitrogens with one attached hydrogen (secondary N) is 1. The molecule has 2 fully saturated rings. The minimum atomic E-state index is -0.574. The molecule has 9 heteroatoms. The quantitative estimate of drug-likeness (QED) is 0.311. The van der Waals surface area contributed by atoms with Gasteiger partial charge in [-0.25, -0.2) is 9.78 Å². The first-order valence-electron chi connectivity index (χ1n) is 15.1. The Balaban J connectivity index is 1.27. The van der Waals surface area contributed by atoms with Gasteiger partial charge in [-0.1, -0.05) is 6.07 Å². The molecule has 5 heterocycles. The lowest BCUT2D eigenvalue weighted by molar-refractivity contribution is 0.0222. The van der Waals surface area contributed by atoms with Crippen LogP contribution in [-0.2, 0) is 17.7 Å². The number of likely N-dealkylation sites (tertiary alicyclic amines) is 1. The molecule has 0 bridgehead atoms. The Morgan fingerprint density at radius 2 is 1.88 bits per heavy atom. The topological polar surface area (TPSA) is 96.3 Å². The summed E-state index contributed by atoms with van der Waals surface area (Å²) in [6.07, 6.45) is 12.0. The maximum Gasteiger partial charge on any atom is 0.410 e. The van der Waals surface area contributed by atoms with Crippen LogP contribution in [0.15, 0.2) is 43.0 Å². The van der Waals surface area contributed by atoms with Gasteiger partial charge in [0, 0.05) is 49.2 Å². The average molecular weight is 567 g/mol. The smallest absolute Gasteiger partial charge is 0.410 e. The Kier molecular flexibility index (Phi) is 6.36. The number of H-pyrrole nitrogens is 1. The summed E-state index contributed by atoms with van der Waals surface area (Å²) in [7, 11) is 0. The molecule has 9 nitrogen and oxygen atoms in total. The van der Waals surface area contributed by atoms with Crippen molar-refractivity contribution in [3.63, 3.8) is 0 Å². The number of aryl methyl sites for hydroxylation is 1. The van der Waals surface area contributed by atoms with E-state index >= 15 is 0 Å². The van der Waals surface area contributed by atoms with Crippen LogP contribution in [0.25, 0.3) is 22.2 Å². The van der Waals surface area contributed by atoms with E-state index in [2.05, 4.69) is 40.2 Å². The predicted octanol–water partition coefficient (Wildman–Crippen LogP) is 6.34. The molecule has 3 aliphatic rings. The van der Waals surface area contributed by atoms with Crippen molar-refractivity contribution in [1.82, 2.24) is 29.5 Å². The molecule has 3 aromatic heterocycles. The van der Waals surface area contributed by atoms with Crippen LogP contribution in [-0.4, -0.2) is 60.2 Å². The number of amides is 2. The van der Waals surface area contributed by atoms with E-state index in [4.69, 9.17) is 4.74 Å². The summed E-state index contributed by atoms with van der Waals surface area (Å²) in [5.74, 6) is 0.00980. The van der Waals surface area contributed by atoms with Crippen molar-refractivity contribution in [2.75, 3.05) is 13.1 Å². The summed E-state index contributed by atoms with van der Waals surface area (Å²) in [6, 6.07) is 6.98. The van der Waals surface area contributed by atoms with Gasteiger partial charge in [0.15, 0.2) is 0 Å². The third kappa shape index (κ3) is 4.95. The molecule has 1 aliphatic carbocycles. The number of rotatable bonds is 4. The molecule has 1 saturated carbocycles. The van der Waals surface area contributed by atoms with Crippen molar-refractivity contribution in [2.45, 2.75) is 84.0 Å². The summed E-state index contributed by atoms with van der Waals surface area (Å²) in [6.45, 7) is 9.58. The lowest BCUT2D eigenvalue weighted by Crippen LogP contribution is -2.39. The van der Waals surface area contributed by atoms with Crippen LogP contribution in [0, 0.1) is 6.92 Å². The van der Waals surface area contributed by atoms with Crippen molar-refractivity contribution in [2.24, 2.45) is 0 Å². The lowest BCUT2D eigenvalue weighted by Gasteiger charge is -2.34. The molecule has 2 amide bonds. The average Bonchev–Trinajstić information content (AvgIpc) is 3.33. The molecule has 42 heavy (non-hydrogen) atoms. The maximum atomic E-state index is 13.6. The summed E-state index contributed by atoms with van der Waals surface area (Å²) in [5, 5.41) is 5.55. The number of fused-ring (bicyclic) bond motifs is 2. The Bertz CT molecular complexity index is 1690. The van der Waals surface area contributed by atoms with Gasteiger partial charge in [-0.05, 0) is 99.7 Å². The molecular weight excluding hydrogens is 528 g/mol. The maximum absolute atomic E-state index is 13.6. The number of carbonyl (C=O) groups excluding carboxylic acids is 2. The number of pyridine rings is 1. The largest absolute Gasteiger partial charge is 0.444 e. The highest BCUT2D eigenvalue weighted by molar-refractivity contribution is 5.94. The normalized spacial score (nSPS) is 18.9. The van der Waals surface area contributed by atoms with E-state index in [1.165, 1.54) is 5.56 Å². The first-order valence-corrected chi connectivity index (χ1v) is 15.1. The first-order chi connectivity index (χ1) is 20.1. The molecule has 1 saturated heterocycles. The number of aromatic amines is 1. The minimum absolute atomic E-state index is 0.00980. The van der Waals surface area contributed by atoms with Gasteiger partial charge in [0.25, 0.3) is 5.91 Å². The molecule has 2 aliphatic heterocycles. The zero-order valence-corrected chi connectivity index (χ0v) is 24.8. The summed E-state index contributed by atoms with van der Waals surface area (Å²) < 4.78 is 7.76. The SMILES string of the molecule is Cc1c[nH]c2ncc(-c3cc4c(c([C@@H]5CCCN5C(=O)OC(C)(C)C)c3)CN(C(=O)c3cnn(C5CC5)c3)CC4)cc12. The van der Waals surface area contributed by atoms with Gasteiger partial charge in [-0.15, -0.1) is 0 Å².